The van der Waals surface area contributed by atoms with Gasteiger partial charge < -0.3 is 19.7 Å². The first-order valence-corrected chi connectivity index (χ1v) is 10.8. The van der Waals surface area contributed by atoms with E-state index in [1.165, 1.54) is 4.90 Å². The largest absolute Gasteiger partial charge is 0.497 e. The van der Waals surface area contributed by atoms with Crippen molar-refractivity contribution < 1.29 is 24.2 Å². The van der Waals surface area contributed by atoms with Crippen molar-refractivity contribution in [3.8, 4) is 5.75 Å². The summed E-state index contributed by atoms with van der Waals surface area (Å²) in [7, 11) is 1.60. The highest BCUT2D eigenvalue weighted by Crippen LogP contribution is 2.27. The Morgan fingerprint density at radius 2 is 2.03 bits per heavy atom. The fraction of sp³-hybridized carbons (Fsp3) is 0.522. The molecule has 1 atom stereocenters. The fourth-order valence-electron chi connectivity index (χ4n) is 4.20. The molecule has 1 aliphatic heterocycles. The number of ketones is 1. The lowest BCUT2D eigenvalue weighted by atomic mass is 10.0. The maximum absolute atomic E-state index is 13.1. The minimum absolute atomic E-state index is 0.133. The van der Waals surface area contributed by atoms with E-state index in [2.05, 4.69) is 4.98 Å². The number of fused-ring (bicyclic) bond motifs is 1. The number of hydrogen-bond donors (Lipinski definition) is 2. The predicted octanol–water partition coefficient (Wildman–Crippen LogP) is 2.38. The quantitative estimate of drug-likeness (QED) is 0.634. The molecule has 1 amide bonds. The highest BCUT2D eigenvalue weighted by atomic mass is 16.5. The first-order chi connectivity index (χ1) is 14.8. The second-order valence-electron chi connectivity index (χ2n) is 8.05. The van der Waals surface area contributed by atoms with Gasteiger partial charge in [-0.3, -0.25) is 14.5 Å². The third-order valence-electron chi connectivity index (χ3n) is 6.05. The number of aliphatic carboxylic acids is 1. The number of methoxy groups -OCH3 is 1. The van der Waals surface area contributed by atoms with Crippen LogP contribution in [0.5, 0.6) is 5.75 Å². The number of nitrogens with zero attached hydrogens (tertiary/aromatic N) is 2. The monoisotopic (exact) mass is 429 g/mol. The molecule has 1 fully saturated rings. The number of nitrogens with one attached hydrogen (secondary N) is 1. The number of Topliss-reactive ketones (excluding diaryl/α,β-unsaturated/α-hetero) is 1. The lowest BCUT2D eigenvalue weighted by molar-refractivity contribution is -0.153. The van der Waals surface area contributed by atoms with E-state index < -0.39 is 12.0 Å². The van der Waals surface area contributed by atoms with Crippen molar-refractivity contribution >= 4 is 28.6 Å². The molecule has 8 heteroatoms. The first kappa shape index (κ1) is 22.8. The number of aromatic amines is 1. The third kappa shape index (κ3) is 5.25. The Morgan fingerprint density at radius 3 is 2.71 bits per heavy atom. The van der Waals surface area contributed by atoms with E-state index in [-0.39, 0.29) is 24.7 Å². The molecule has 2 heterocycles. The maximum atomic E-state index is 13.1. The van der Waals surface area contributed by atoms with Gasteiger partial charge in [-0.05, 0) is 43.7 Å². The molecule has 0 saturated carbocycles. The number of carbonyl (C=O) groups is 3. The number of aromatic nitrogens is 1. The Kier molecular flexibility index (Phi) is 7.33. The van der Waals surface area contributed by atoms with E-state index in [0.29, 0.717) is 44.6 Å². The van der Waals surface area contributed by atoms with Gasteiger partial charge in [-0.2, -0.15) is 0 Å². The van der Waals surface area contributed by atoms with Gasteiger partial charge in [0.2, 0.25) is 5.91 Å². The summed E-state index contributed by atoms with van der Waals surface area (Å²) < 4.78 is 5.31. The molecule has 2 aromatic rings. The molecule has 3 rings (SSSR count). The van der Waals surface area contributed by atoms with Crippen molar-refractivity contribution in [3.05, 3.63) is 29.5 Å². The molecule has 1 aromatic carbocycles. The number of rotatable bonds is 9. The average molecular weight is 430 g/mol. The van der Waals surface area contributed by atoms with Crippen LogP contribution in [0.2, 0.25) is 0 Å². The standard InChI is InChI=1S/C23H31N3O5/c1-4-16(27)6-5-9-25-10-11-26(21(14-25)23(29)30)22(28)13-18-15(2)24-20-8-7-17(31-3)12-19(18)20/h7-8,12,21,24H,4-6,9-11,13-14H2,1-3H3,(H,29,30). The SMILES string of the molecule is CCC(=O)CCCN1CCN(C(=O)Cc2c(C)[nH]c3ccc(OC)cc23)C(C(=O)O)C1. The number of hydrogen-bond acceptors (Lipinski definition) is 5. The van der Waals surface area contributed by atoms with Crippen LogP contribution in [0, 0.1) is 6.92 Å². The third-order valence-corrected chi connectivity index (χ3v) is 6.05. The zero-order valence-corrected chi connectivity index (χ0v) is 18.4. The average Bonchev–Trinajstić information content (AvgIpc) is 3.07. The maximum Gasteiger partial charge on any atom is 0.327 e. The molecule has 0 spiro atoms. The molecule has 1 unspecified atom stereocenters. The van der Waals surface area contributed by atoms with Crippen LogP contribution in [0.3, 0.4) is 0 Å². The summed E-state index contributed by atoms with van der Waals surface area (Å²) in [6.45, 7) is 5.68. The number of benzene rings is 1. The van der Waals surface area contributed by atoms with Gasteiger partial charge >= 0.3 is 5.97 Å². The predicted molar refractivity (Wildman–Crippen MR) is 117 cm³/mol. The van der Waals surface area contributed by atoms with Crippen LogP contribution in [0.4, 0.5) is 0 Å². The van der Waals surface area contributed by atoms with Gasteiger partial charge in [0.1, 0.15) is 17.6 Å². The van der Waals surface area contributed by atoms with Gasteiger partial charge in [-0.1, -0.05) is 6.92 Å². The molecule has 1 saturated heterocycles. The summed E-state index contributed by atoms with van der Waals surface area (Å²) in [5, 5.41) is 10.7. The summed E-state index contributed by atoms with van der Waals surface area (Å²) in [4.78, 5) is 43.4. The number of amides is 1. The van der Waals surface area contributed by atoms with Crippen molar-refractivity contribution in [1.29, 1.82) is 0 Å². The summed E-state index contributed by atoms with van der Waals surface area (Å²) in [6, 6.07) is 4.78. The zero-order chi connectivity index (χ0) is 22.5. The molecule has 1 aliphatic rings. The minimum atomic E-state index is -1.000. The number of carboxylic acids is 1. The van der Waals surface area contributed by atoms with E-state index in [1.807, 2.05) is 36.9 Å². The Balaban J connectivity index is 1.70. The number of ether oxygens (including phenoxy) is 1. The second kappa shape index (κ2) is 9.96. The Hall–Kier alpha value is -2.87. The van der Waals surface area contributed by atoms with Crippen LogP contribution in [-0.2, 0) is 20.8 Å². The summed E-state index contributed by atoms with van der Waals surface area (Å²) in [5.74, 6) is -0.270. The summed E-state index contributed by atoms with van der Waals surface area (Å²) in [5.41, 5.74) is 2.67. The van der Waals surface area contributed by atoms with Crippen molar-refractivity contribution in [1.82, 2.24) is 14.8 Å². The van der Waals surface area contributed by atoms with Crippen LogP contribution in [0.25, 0.3) is 10.9 Å². The molecular formula is C23H31N3O5. The Labute approximate surface area is 182 Å². The van der Waals surface area contributed by atoms with Crippen molar-refractivity contribution in [3.63, 3.8) is 0 Å². The second-order valence-corrected chi connectivity index (χ2v) is 8.05. The molecule has 168 valence electrons. The molecule has 0 radical (unpaired) electrons. The molecule has 0 aliphatic carbocycles. The smallest absolute Gasteiger partial charge is 0.327 e. The molecule has 2 N–H and O–H groups in total. The van der Waals surface area contributed by atoms with Crippen LogP contribution in [0.1, 0.15) is 37.4 Å². The van der Waals surface area contributed by atoms with Gasteiger partial charge in [-0.15, -0.1) is 0 Å². The van der Waals surface area contributed by atoms with Crippen molar-refractivity contribution in [2.45, 2.75) is 45.6 Å². The van der Waals surface area contributed by atoms with E-state index in [4.69, 9.17) is 4.74 Å². The van der Waals surface area contributed by atoms with Crippen molar-refractivity contribution in [2.75, 3.05) is 33.3 Å². The first-order valence-electron chi connectivity index (χ1n) is 10.8. The highest BCUT2D eigenvalue weighted by molar-refractivity contribution is 5.92. The van der Waals surface area contributed by atoms with Gasteiger partial charge in [0.25, 0.3) is 0 Å². The normalized spacial score (nSPS) is 17.1. The van der Waals surface area contributed by atoms with E-state index in [1.54, 1.807) is 7.11 Å². The highest BCUT2D eigenvalue weighted by Gasteiger charge is 2.35. The van der Waals surface area contributed by atoms with E-state index >= 15 is 0 Å². The lowest BCUT2D eigenvalue weighted by Gasteiger charge is -2.39. The Bertz CT molecular complexity index is 968. The molecule has 0 bridgehead atoms. The number of carboxylic acid groups (broad SMARTS) is 1. The van der Waals surface area contributed by atoms with Crippen LogP contribution < -0.4 is 4.74 Å². The van der Waals surface area contributed by atoms with Crippen LogP contribution in [-0.4, -0.2) is 76.9 Å². The number of aryl methyl sites for hydroxylation is 1. The summed E-state index contributed by atoms with van der Waals surface area (Å²) >= 11 is 0. The lowest BCUT2D eigenvalue weighted by Crippen LogP contribution is -2.58. The minimum Gasteiger partial charge on any atom is -0.497 e. The van der Waals surface area contributed by atoms with Crippen molar-refractivity contribution in [2.24, 2.45) is 0 Å². The Morgan fingerprint density at radius 1 is 1.26 bits per heavy atom. The van der Waals surface area contributed by atoms with Crippen LogP contribution in [0.15, 0.2) is 18.2 Å². The molecule has 31 heavy (non-hydrogen) atoms. The van der Waals surface area contributed by atoms with Gasteiger partial charge in [0, 0.05) is 49.1 Å². The van der Waals surface area contributed by atoms with Crippen LogP contribution >= 0.6 is 0 Å². The molecule has 8 nitrogen and oxygen atoms in total. The van der Waals surface area contributed by atoms with Gasteiger partial charge in [0.05, 0.1) is 13.5 Å². The summed E-state index contributed by atoms with van der Waals surface area (Å²) in [6.07, 6.45) is 1.88. The van der Waals surface area contributed by atoms with E-state index in [9.17, 15) is 19.5 Å². The van der Waals surface area contributed by atoms with Gasteiger partial charge in [0.15, 0.2) is 0 Å². The topological polar surface area (TPSA) is 103 Å². The molecular weight excluding hydrogens is 398 g/mol. The zero-order valence-electron chi connectivity index (χ0n) is 18.4. The molecule has 1 aromatic heterocycles. The number of piperazine rings is 1. The number of H-pyrrole nitrogens is 1. The fourth-order valence-corrected chi connectivity index (χ4v) is 4.20. The number of carbonyl (C=O) groups excluding carboxylic acids is 2. The van der Waals surface area contributed by atoms with Gasteiger partial charge in [-0.25, -0.2) is 4.79 Å². The van der Waals surface area contributed by atoms with E-state index in [0.717, 1.165) is 22.2 Å².